The van der Waals surface area contributed by atoms with Crippen LogP contribution in [0.15, 0.2) is 60.9 Å². The third-order valence-electron chi connectivity index (χ3n) is 3.12. The van der Waals surface area contributed by atoms with E-state index >= 15 is 0 Å². The molecule has 0 saturated heterocycles. The fourth-order valence-electron chi connectivity index (χ4n) is 2.08. The zero-order chi connectivity index (χ0) is 16.1. The Morgan fingerprint density at radius 2 is 1.52 bits per heavy atom. The van der Waals surface area contributed by atoms with E-state index in [1.54, 1.807) is 18.2 Å². The molecule has 116 valence electrons. The van der Waals surface area contributed by atoms with Crippen LogP contribution in [0.2, 0.25) is 10.0 Å². The Balaban J connectivity index is 1.69. The van der Waals surface area contributed by atoms with Crippen LogP contribution in [0.1, 0.15) is 5.56 Å². The van der Waals surface area contributed by atoms with Crippen LogP contribution in [0.5, 0.6) is 0 Å². The molecule has 4 nitrogen and oxygen atoms in total. The van der Waals surface area contributed by atoms with Gasteiger partial charge in [-0.3, -0.25) is 0 Å². The number of nitrogens with zero attached hydrogens (tertiary/aromatic N) is 2. The number of nitrogens with one attached hydrogen (secondary N) is 2. The zero-order valence-corrected chi connectivity index (χ0v) is 13.6. The molecule has 3 rings (SSSR count). The highest BCUT2D eigenvalue weighted by atomic mass is 35.5. The third-order valence-corrected chi connectivity index (χ3v) is 3.55. The zero-order valence-electron chi connectivity index (χ0n) is 12.1. The van der Waals surface area contributed by atoms with Crippen LogP contribution in [0.4, 0.5) is 17.3 Å². The summed E-state index contributed by atoms with van der Waals surface area (Å²) in [6, 6.07) is 17.2. The van der Waals surface area contributed by atoms with Crippen molar-refractivity contribution in [3.05, 3.63) is 76.5 Å². The summed E-state index contributed by atoms with van der Waals surface area (Å²) in [6.45, 7) is 0.695. The average molecular weight is 345 g/mol. The van der Waals surface area contributed by atoms with E-state index in [-0.39, 0.29) is 0 Å². The van der Waals surface area contributed by atoms with Crippen molar-refractivity contribution in [2.75, 3.05) is 10.6 Å². The molecular formula is C17H14Cl2N4. The van der Waals surface area contributed by atoms with Crippen molar-refractivity contribution in [1.29, 1.82) is 0 Å². The van der Waals surface area contributed by atoms with Gasteiger partial charge in [-0.15, -0.1) is 0 Å². The van der Waals surface area contributed by atoms with Gasteiger partial charge in [0.25, 0.3) is 0 Å². The van der Waals surface area contributed by atoms with Crippen LogP contribution in [0.3, 0.4) is 0 Å². The minimum Gasteiger partial charge on any atom is -0.366 e. The van der Waals surface area contributed by atoms with E-state index in [9.17, 15) is 0 Å². The van der Waals surface area contributed by atoms with E-state index in [1.165, 1.54) is 11.9 Å². The first-order valence-electron chi connectivity index (χ1n) is 7.02. The Morgan fingerprint density at radius 3 is 2.26 bits per heavy atom. The number of anilines is 3. The smallest absolute Gasteiger partial charge is 0.135 e. The molecule has 0 spiro atoms. The molecule has 2 N–H and O–H groups in total. The Kier molecular flexibility index (Phi) is 4.95. The SMILES string of the molecule is Clc1cc(Cl)cc(Nc2cc(NCc3ccccc3)ncn2)c1. The van der Waals surface area contributed by atoms with Gasteiger partial charge in [-0.1, -0.05) is 53.5 Å². The molecule has 1 aromatic heterocycles. The van der Waals surface area contributed by atoms with Crippen molar-refractivity contribution in [3.63, 3.8) is 0 Å². The van der Waals surface area contributed by atoms with Crippen LogP contribution >= 0.6 is 23.2 Å². The Hall–Kier alpha value is -2.30. The molecule has 0 unspecified atom stereocenters. The molecule has 6 heteroatoms. The van der Waals surface area contributed by atoms with Gasteiger partial charge in [0.05, 0.1) is 0 Å². The van der Waals surface area contributed by atoms with Crippen LogP contribution in [0.25, 0.3) is 0 Å². The first-order chi connectivity index (χ1) is 11.2. The molecule has 0 aliphatic rings. The van der Waals surface area contributed by atoms with Crippen LogP contribution in [-0.2, 0) is 6.54 Å². The number of benzene rings is 2. The maximum Gasteiger partial charge on any atom is 0.135 e. The Labute approximate surface area is 144 Å². The highest BCUT2D eigenvalue weighted by molar-refractivity contribution is 6.35. The first-order valence-corrected chi connectivity index (χ1v) is 7.77. The topological polar surface area (TPSA) is 49.8 Å². The molecule has 23 heavy (non-hydrogen) atoms. The van der Waals surface area contributed by atoms with E-state index in [1.807, 2.05) is 24.3 Å². The highest BCUT2D eigenvalue weighted by Crippen LogP contribution is 2.25. The Morgan fingerprint density at radius 1 is 0.826 bits per heavy atom. The molecular weight excluding hydrogens is 331 g/mol. The van der Waals surface area contributed by atoms with E-state index in [0.717, 1.165) is 11.5 Å². The van der Waals surface area contributed by atoms with Gasteiger partial charge in [0.2, 0.25) is 0 Å². The van der Waals surface area contributed by atoms with Crippen LogP contribution < -0.4 is 10.6 Å². The van der Waals surface area contributed by atoms with E-state index in [2.05, 4.69) is 32.7 Å². The monoisotopic (exact) mass is 344 g/mol. The van der Waals surface area contributed by atoms with Crippen molar-refractivity contribution >= 4 is 40.5 Å². The van der Waals surface area contributed by atoms with Gasteiger partial charge in [0, 0.05) is 28.3 Å². The molecule has 0 aliphatic heterocycles. The lowest BCUT2D eigenvalue weighted by Crippen LogP contribution is -2.03. The highest BCUT2D eigenvalue weighted by Gasteiger charge is 2.02. The number of rotatable bonds is 5. The van der Waals surface area contributed by atoms with Crippen molar-refractivity contribution in [3.8, 4) is 0 Å². The molecule has 0 amide bonds. The minimum atomic E-state index is 0.566. The molecule has 0 aliphatic carbocycles. The van der Waals surface area contributed by atoms with Gasteiger partial charge in [0.15, 0.2) is 0 Å². The summed E-state index contributed by atoms with van der Waals surface area (Å²) >= 11 is 12.0. The van der Waals surface area contributed by atoms with Crippen molar-refractivity contribution in [1.82, 2.24) is 9.97 Å². The molecule has 1 heterocycles. The number of halogens is 2. The van der Waals surface area contributed by atoms with Gasteiger partial charge in [0.1, 0.15) is 18.0 Å². The van der Waals surface area contributed by atoms with E-state index in [0.29, 0.717) is 22.4 Å². The molecule has 0 saturated carbocycles. The van der Waals surface area contributed by atoms with Gasteiger partial charge in [-0.2, -0.15) is 0 Å². The van der Waals surface area contributed by atoms with Gasteiger partial charge in [-0.05, 0) is 23.8 Å². The van der Waals surface area contributed by atoms with Crippen LogP contribution in [-0.4, -0.2) is 9.97 Å². The van der Waals surface area contributed by atoms with Crippen molar-refractivity contribution < 1.29 is 0 Å². The second-order valence-corrected chi connectivity index (χ2v) is 5.78. The maximum absolute atomic E-state index is 6.00. The number of aromatic nitrogens is 2. The first kappa shape index (κ1) is 15.6. The second kappa shape index (κ2) is 7.31. The Bertz CT molecular complexity index is 773. The van der Waals surface area contributed by atoms with Gasteiger partial charge < -0.3 is 10.6 Å². The summed E-state index contributed by atoms with van der Waals surface area (Å²) < 4.78 is 0. The fraction of sp³-hybridized carbons (Fsp3) is 0.0588. The summed E-state index contributed by atoms with van der Waals surface area (Å²) in [5.41, 5.74) is 1.96. The standard InChI is InChI=1S/C17H14Cl2N4/c18-13-6-14(19)8-15(7-13)23-17-9-16(21-11-22-17)20-10-12-4-2-1-3-5-12/h1-9,11H,10H2,(H2,20,21,22,23). The fourth-order valence-corrected chi connectivity index (χ4v) is 2.61. The average Bonchev–Trinajstić information content (AvgIpc) is 2.53. The van der Waals surface area contributed by atoms with Crippen LogP contribution in [0, 0.1) is 0 Å². The van der Waals surface area contributed by atoms with Gasteiger partial charge >= 0.3 is 0 Å². The quantitative estimate of drug-likeness (QED) is 0.672. The van der Waals surface area contributed by atoms with Gasteiger partial charge in [-0.25, -0.2) is 9.97 Å². The number of hydrogen-bond acceptors (Lipinski definition) is 4. The minimum absolute atomic E-state index is 0.566. The molecule has 0 bridgehead atoms. The lowest BCUT2D eigenvalue weighted by atomic mass is 10.2. The largest absolute Gasteiger partial charge is 0.366 e. The third kappa shape index (κ3) is 4.58. The predicted octanol–water partition coefficient (Wildman–Crippen LogP) is 5.14. The molecule has 0 atom stereocenters. The summed E-state index contributed by atoms with van der Waals surface area (Å²) in [6.07, 6.45) is 1.50. The maximum atomic E-state index is 6.00. The summed E-state index contributed by atoms with van der Waals surface area (Å²) in [7, 11) is 0. The normalized spacial score (nSPS) is 10.3. The summed E-state index contributed by atoms with van der Waals surface area (Å²) in [4.78, 5) is 8.42. The van der Waals surface area contributed by atoms with Crippen molar-refractivity contribution in [2.24, 2.45) is 0 Å². The summed E-state index contributed by atoms with van der Waals surface area (Å²) in [5, 5.41) is 7.56. The molecule has 0 fully saturated rings. The molecule has 3 aromatic rings. The molecule has 0 radical (unpaired) electrons. The molecule has 2 aromatic carbocycles. The lowest BCUT2D eigenvalue weighted by molar-refractivity contribution is 1.08. The summed E-state index contributed by atoms with van der Waals surface area (Å²) in [5.74, 6) is 1.40. The van der Waals surface area contributed by atoms with E-state index < -0.39 is 0 Å². The van der Waals surface area contributed by atoms with E-state index in [4.69, 9.17) is 23.2 Å². The predicted molar refractivity (Wildman–Crippen MR) is 95.5 cm³/mol. The second-order valence-electron chi connectivity index (χ2n) is 4.91. The van der Waals surface area contributed by atoms with Crippen molar-refractivity contribution in [2.45, 2.75) is 6.54 Å². The lowest BCUT2D eigenvalue weighted by Gasteiger charge is -2.09. The number of hydrogen-bond donors (Lipinski definition) is 2.